The van der Waals surface area contributed by atoms with E-state index >= 15 is 0 Å². The Kier molecular flexibility index (Phi) is 3.17. The minimum Gasteiger partial charge on any atom is -0.481 e. The Morgan fingerprint density at radius 3 is 2.60 bits per heavy atom. The SMILES string of the molecule is COC(=O)[C@H]1CC=C[C@@H](C)[C@]1(C)C(=O)O. The quantitative estimate of drug-likeness (QED) is 0.556. The minimum absolute atomic E-state index is 0.173. The summed E-state index contributed by atoms with van der Waals surface area (Å²) in [4.78, 5) is 22.8. The first-order chi connectivity index (χ1) is 6.94. The normalized spacial score (nSPS) is 34.9. The number of rotatable bonds is 2. The van der Waals surface area contributed by atoms with Gasteiger partial charge in [-0.15, -0.1) is 0 Å². The van der Waals surface area contributed by atoms with Crippen LogP contribution >= 0.6 is 0 Å². The summed E-state index contributed by atoms with van der Waals surface area (Å²) in [6.45, 7) is 3.41. The van der Waals surface area contributed by atoms with Gasteiger partial charge < -0.3 is 9.84 Å². The van der Waals surface area contributed by atoms with Crippen LogP contribution < -0.4 is 0 Å². The van der Waals surface area contributed by atoms with Crippen molar-refractivity contribution >= 4 is 11.9 Å². The molecule has 4 heteroatoms. The van der Waals surface area contributed by atoms with Crippen molar-refractivity contribution < 1.29 is 19.4 Å². The molecule has 0 aromatic rings. The van der Waals surface area contributed by atoms with Gasteiger partial charge in [0.2, 0.25) is 0 Å². The highest BCUT2D eigenvalue weighted by Crippen LogP contribution is 2.42. The molecule has 0 saturated carbocycles. The molecule has 0 spiro atoms. The molecule has 1 rings (SSSR count). The molecule has 0 aromatic carbocycles. The second-order valence-electron chi connectivity index (χ2n) is 4.12. The van der Waals surface area contributed by atoms with Crippen LogP contribution in [0.3, 0.4) is 0 Å². The summed E-state index contributed by atoms with van der Waals surface area (Å²) in [6.07, 6.45) is 4.12. The van der Waals surface area contributed by atoms with Gasteiger partial charge in [0.1, 0.15) is 0 Å². The first kappa shape index (κ1) is 11.8. The van der Waals surface area contributed by atoms with Crippen LogP contribution in [-0.4, -0.2) is 24.2 Å². The number of allylic oxidation sites excluding steroid dienone is 2. The van der Waals surface area contributed by atoms with Gasteiger partial charge in [0.25, 0.3) is 0 Å². The van der Waals surface area contributed by atoms with Crippen molar-refractivity contribution in [1.29, 1.82) is 0 Å². The monoisotopic (exact) mass is 212 g/mol. The lowest BCUT2D eigenvalue weighted by atomic mass is 9.64. The van der Waals surface area contributed by atoms with E-state index in [4.69, 9.17) is 0 Å². The zero-order valence-corrected chi connectivity index (χ0v) is 9.19. The van der Waals surface area contributed by atoms with E-state index in [2.05, 4.69) is 4.74 Å². The third-order valence-corrected chi connectivity index (χ3v) is 3.41. The summed E-state index contributed by atoms with van der Waals surface area (Å²) < 4.78 is 4.65. The standard InChI is InChI=1S/C11H16O4/c1-7-5-4-6-8(9(12)15-3)11(7,2)10(13)14/h4-5,7-8H,6H2,1-3H3,(H,13,14)/t7-,8-,11+/m1/s1. The van der Waals surface area contributed by atoms with Crippen molar-refractivity contribution in [3.8, 4) is 0 Å². The van der Waals surface area contributed by atoms with Gasteiger partial charge >= 0.3 is 11.9 Å². The van der Waals surface area contributed by atoms with Crippen molar-refractivity contribution in [2.45, 2.75) is 20.3 Å². The van der Waals surface area contributed by atoms with Gasteiger partial charge in [-0.05, 0) is 19.3 Å². The van der Waals surface area contributed by atoms with Gasteiger partial charge in [-0.3, -0.25) is 9.59 Å². The van der Waals surface area contributed by atoms with E-state index in [1.807, 2.05) is 12.2 Å². The van der Waals surface area contributed by atoms with Crippen LogP contribution in [0.5, 0.6) is 0 Å². The van der Waals surface area contributed by atoms with Crippen LogP contribution in [0, 0.1) is 17.3 Å². The van der Waals surface area contributed by atoms with Crippen LogP contribution in [0.15, 0.2) is 12.2 Å². The molecule has 4 nitrogen and oxygen atoms in total. The molecule has 0 heterocycles. The third-order valence-electron chi connectivity index (χ3n) is 3.41. The van der Waals surface area contributed by atoms with E-state index in [0.717, 1.165) is 0 Å². The van der Waals surface area contributed by atoms with Gasteiger partial charge in [0.15, 0.2) is 0 Å². The Morgan fingerprint density at radius 1 is 1.53 bits per heavy atom. The van der Waals surface area contributed by atoms with E-state index in [-0.39, 0.29) is 5.92 Å². The number of hydrogen-bond donors (Lipinski definition) is 1. The fourth-order valence-electron chi connectivity index (χ4n) is 2.01. The number of esters is 1. The molecule has 0 aromatic heterocycles. The van der Waals surface area contributed by atoms with E-state index in [1.54, 1.807) is 13.8 Å². The number of methoxy groups -OCH3 is 1. The predicted molar refractivity (Wildman–Crippen MR) is 54.2 cm³/mol. The Bertz CT molecular complexity index is 308. The van der Waals surface area contributed by atoms with Gasteiger partial charge in [-0.2, -0.15) is 0 Å². The molecule has 0 radical (unpaired) electrons. The second-order valence-corrected chi connectivity index (χ2v) is 4.12. The number of carbonyl (C=O) groups excluding carboxylic acids is 1. The van der Waals surface area contributed by atoms with Gasteiger partial charge in [-0.25, -0.2) is 0 Å². The van der Waals surface area contributed by atoms with Crippen LogP contribution in [0.4, 0.5) is 0 Å². The number of carboxylic acid groups (broad SMARTS) is 1. The largest absolute Gasteiger partial charge is 0.481 e. The fraction of sp³-hybridized carbons (Fsp3) is 0.636. The zero-order chi connectivity index (χ0) is 11.6. The molecular formula is C11H16O4. The molecule has 0 fully saturated rings. The topological polar surface area (TPSA) is 63.6 Å². The van der Waals surface area contributed by atoms with Crippen molar-refractivity contribution in [1.82, 2.24) is 0 Å². The molecular weight excluding hydrogens is 196 g/mol. The lowest BCUT2D eigenvalue weighted by Crippen LogP contribution is -2.46. The molecule has 3 atom stereocenters. The van der Waals surface area contributed by atoms with Crippen LogP contribution in [0.2, 0.25) is 0 Å². The Morgan fingerprint density at radius 2 is 2.13 bits per heavy atom. The first-order valence-electron chi connectivity index (χ1n) is 4.92. The molecule has 15 heavy (non-hydrogen) atoms. The molecule has 1 aliphatic rings. The maximum absolute atomic E-state index is 11.5. The third kappa shape index (κ3) is 1.76. The highest BCUT2D eigenvalue weighted by atomic mass is 16.5. The number of hydrogen-bond acceptors (Lipinski definition) is 3. The van der Waals surface area contributed by atoms with Gasteiger partial charge in [0, 0.05) is 0 Å². The lowest BCUT2D eigenvalue weighted by Gasteiger charge is -2.38. The minimum atomic E-state index is -1.07. The number of carboxylic acids is 1. The van der Waals surface area contributed by atoms with Crippen molar-refractivity contribution in [2.24, 2.45) is 17.3 Å². The Balaban J connectivity index is 3.10. The van der Waals surface area contributed by atoms with E-state index < -0.39 is 23.3 Å². The molecule has 0 amide bonds. The highest BCUT2D eigenvalue weighted by molar-refractivity contribution is 5.85. The average Bonchev–Trinajstić information content (AvgIpc) is 2.20. The predicted octanol–water partition coefficient (Wildman–Crippen LogP) is 1.46. The molecule has 0 saturated heterocycles. The summed E-state index contributed by atoms with van der Waals surface area (Å²) in [5, 5.41) is 9.24. The molecule has 0 bridgehead atoms. The lowest BCUT2D eigenvalue weighted by molar-refractivity contribution is -0.166. The number of ether oxygens (including phenoxy) is 1. The smallest absolute Gasteiger partial charge is 0.310 e. The average molecular weight is 212 g/mol. The summed E-state index contributed by atoms with van der Waals surface area (Å²) in [7, 11) is 1.29. The van der Waals surface area contributed by atoms with Gasteiger partial charge in [-0.1, -0.05) is 19.1 Å². The van der Waals surface area contributed by atoms with Crippen LogP contribution in [-0.2, 0) is 14.3 Å². The summed E-state index contributed by atoms with van der Waals surface area (Å²) in [6, 6.07) is 0. The summed E-state index contributed by atoms with van der Waals surface area (Å²) >= 11 is 0. The summed E-state index contributed by atoms with van der Waals surface area (Å²) in [5.41, 5.74) is -1.07. The molecule has 1 N–H and O–H groups in total. The van der Waals surface area contributed by atoms with Crippen LogP contribution in [0.25, 0.3) is 0 Å². The maximum Gasteiger partial charge on any atom is 0.310 e. The molecule has 1 aliphatic carbocycles. The van der Waals surface area contributed by atoms with Gasteiger partial charge in [0.05, 0.1) is 18.4 Å². The molecule has 0 unspecified atom stereocenters. The summed E-state index contributed by atoms with van der Waals surface area (Å²) in [5.74, 6) is -2.17. The zero-order valence-electron chi connectivity index (χ0n) is 9.19. The molecule has 84 valence electrons. The van der Waals surface area contributed by atoms with Crippen molar-refractivity contribution in [2.75, 3.05) is 7.11 Å². The Hall–Kier alpha value is -1.32. The van der Waals surface area contributed by atoms with E-state index in [9.17, 15) is 14.7 Å². The Labute approximate surface area is 88.9 Å². The number of carbonyl (C=O) groups is 2. The van der Waals surface area contributed by atoms with E-state index in [1.165, 1.54) is 7.11 Å². The fourth-order valence-corrected chi connectivity index (χ4v) is 2.01. The van der Waals surface area contributed by atoms with E-state index in [0.29, 0.717) is 6.42 Å². The van der Waals surface area contributed by atoms with Crippen LogP contribution in [0.1, 0.15) is 20.3 Å². The molecule has 0 aliphatic heterocycles. The highest BCUT2D eigenvalue weighted by Gasteiger charge is 2.50. The number of aliphatic carboxylic acids is 1. The first-order valence-corrected chi connectivity index (χ1v) is 4.92. The van der Waals surface area contributed by atoms with Crippen molar-refractivity contribution in [3.05, 3.63) is 12.2 Å². The second kappa shape index (κ2) is 4.04. The van der Waals surface area contributed by atoms with Crippen molar-refractivity contribution in [3.63, 3.8) is 0 Å². The maximum atomic E-state index is 11.5.